The number of carbonyl (C=O) groups is 1. The Morgan fingerprint density at radius 3 is 1.93 bits per heavy atom. The highest BCUT2D eigenvalue weighted by Gasteiger charge is 2.37. The van der Waals surface area contributed by atoms with E-state index in [-0.39, 0.29) is 5.91 Å². The minimum Gasteiger partial charge on any atom is -0.493 e. The van der Waals surface area contributed by atoms with Crippen LogP contribution in [-0.4, -0.2) is 69.8 Å². The maximum atomic E-state index is 13.0. The van der Waals surface area contributed by atoms with E-state index < -0.39 is 5.41 Å². The summed E-state index contributed by atoms with van der Waals surface area (Å²) in [5.41, 5.74) is 6.62. The zero-order valence-electron chi connectivity index (χ0n) is 17.9. The summed E-state index contributed by atoms with van der Waals surface area (Å²) in [6.45, 7) is 8.39. The molecule has 28 heavy (non-hydrogen) atoms. The van der Waals surface area contributed by atoms with E-state index in [1.807, 2.05) is 17.0 Å². The number of ether oxygens (including phenoxy) is 3. The molecule has 0 aliphatic carbocycles. The number of nitrogens with zero attached hydrogens (tertiary/aromatic N) is 2. The zero-order valence-corrected chi connectivity index (χ0v) is 17.9. The number of hydrogen-bond donors (Lipinski definition) is 1. The topological polar surface area (TPSA) is 77.3 Å². The number of rotatable bonds is 9. The van der Waals surface area contributed by atoms with E-state index in [4.69, 9.17) is 19.9 Å². The van der Waals surface area contributed by atoms with Crippen molar-refractivity contribution in [3.8, 4) is 17.2 Å². The summed E-state index contributed by atoms with van der Waals surface area (Å²) in [4.78, 5) is 17.3. The van der Waals surface area contributed by atoms with Crippen LogP contribution in [0.15, 0.2) is 12.1 Å². The minimum atomic E-state index is -0.418. The molecular formula is C21H35N3O4. The molecule has 0 aromatic heterocycles. The number of nitrogens with two attached hydrogens (primary N) is 1. The third-order valence-corrected chi connectivity index (χ3v) is 5.99. The van der Waals surface area contributed by atoms with Gasteiger partial charge in [-0.15, -0.1) is 0 Å². The van der Waals surface area contributed by atoms with E-state index in [2.05, 4.69) is 18.7 Å². The Labute approximate surface area is 168 Å². The third-order valence-electron chi connectivity index (χ3n) is 5.99. The van der Waals surface area contributed by atoms with Gasteiger partial charge >= 0.3 is 0 Å². The Morgan fingerprint density at radius 2 is 1.54 bits per heavy atom. The molecule has 7 heteroatoms. The molecule has 0 spiro atoms. The second-order valence-electron chi connectivity index (χ2n) is 7.29. The molecule has 0 saturated carbocycles. The molecule has 1 aromatic carbocycles. The van der Waals surface area contributed by atoms with Crippen LogP contribution in [0, 0.1) is 5.41 Å². The largest absolute Gasteiger partial charge is 0.493 e. The molecule has 7 nitrogen and oxygen atoms in total. The first kappa shape index (κ1) is 22.3. The molecule has 1 aliphatic heterocycles. The molecule has 1 saturated heterocycles. The molecule has 1 heterocycles. The first-order chi connectivity index (χ1) is 13.5. The fraction of sp³-hybridized carbons (Fsp3) is 0.667. The molecule has 2 rings (SSSR count). The van der Waals surface area contributed by atoms with Crippen LogP contribution in [0.4, 0.5) is 0 Å². The van der Waals surface area contributed by atoms with Crippen LogP contribution in [0.1, 0.15) is 32.3 Å². The van der Waals surface area contributed by atoms with Crippen LogP contribution in [0.25, 0.3) is 0 Å². The van der Waals surface area contributed by atoms with Gasteiger partial charge in [-0.05, 0) is 30.5 Å². The standard InChI is InChI=1S/C21H35N3O4/c1-6-21(7-2,15-22)20(25)24-10-8-23(9-11-24)14-16-12-17(26-3)19(28-5)18(13-16)27-4/h12-13H,6-11,14-15,22H2,1-5H3. The van der Waals surface area contributed by atoms with E-state index in [0.29, 0.717) is 23.8 Å². The maximum absolute atomic E-state index is 13.0. The minimum absolute atomic E-state index is 0.201. The summed E-state index contributed by atoms with van der Waals surface area (Å²) < 4.78 is 16.3. The fourth-order valence-corrected chi connectivity index (χ4v) is 3.86. The molecule has 0 atom stereocenters. The van der Waals surface area contributed by atoms with Gasteiger partial charge in [-0.2, -0.15) is 0 Å². The second-order valence-corrected chi connectivity index (χ2v) is 7.29. The van der Waals surface area contributed by atoms with Gasteiger partial charge in [0.05, 0.1) is 26.7 Å². The highest BCUT2D eigenvalue weighted by molar-refractivity contribution is 5.83. The Morgan fingerprint density at radius 1 is 1.00 bits per heavy atom. The van der Waals surface area contributed by atoms with Gasteiger partial charge in [-0.25, -0.2) is 0 Å². The van der Waals surface area contributed by atoms with Gasteiger partial charge in [0.15, 0.2) is 11.5 Å². The van der Waals surface area contributed by atoms with Crippen molar-refractivity contribution in [3.63, 3.8) is 0 Å². The Balaban J connectivity index is 2.04. The molecule has 0 bridgehead atoms. The summed E-state index contributed by atoms with van der Waals surface area (Å²) in [5.74, 6) is 2.11. The molecule has 158 valence electrons. The summed E-state index contributed by atoms with van der Waals surface area (Å²) >= 11 is 0. The van der Waals surface area contributed by atoms with Gasteiger partial charge in [0.1, 0.15) is 0 Å². The van der Waals surface area contributed by atoms with Gasteiger partial charge in [-0.1, -0.05) is 13.8 Å². The van der Waals surface area contributed by atoms with Crippen molar-refractivity contribution < 1.29 is 19.0 Å². The average molecular weight is 394 g/mol. The summed E-state index contributed by atoms with van der Waals surface area (Å²) in [7, 11) is 4.84. The number of hydrogen-bond acceptors (Lipinski definition) is 6. The van der Waals surface area contributed by atoms with Gasteiger partial charge in [-0.3, -0.25) is 9.69 Å². The molecule has 1 amide bonds. The summed E-state index contributed by atoms with van der Waals surface area (Å²) in [5, 5.41) is 0. The summed E-state index contributed by atoms with van der Waals surface area (Å²) in [6, 6.07) is 3.96. The van der Waals surface area contributed by atoms with Crippen LogP contribution >= 0.6 is 0 Å². The lowest BCUT2D eigenvalue weighted by molar-refractivity contribution is -0.144. The second kappa shape index (κ2) is 9.98. The third kappa shape index (κ3) is 4.52. The van der Waals surface area contributed by atoms with E-state index in [1.165, 1.54) is 0 Å². The van der Waals surface area contributed by atoms with Crippen molar-refractivity contribution in [1.82, 2.24) is 9.80 Å². The number of benzene rings is 1. The Kier molecular flexibility index (Phi) is 7.95. The predicted octanol–water partition coefficient (Wildman–Crippen LogP) is 2.12. The molecule has 2 N–H and O–H groups in total. The van der Waals surface area contributed by atoms with Crippen LogP contribution < -0.4 is 19.9 Å². The number of carbonyl (C=O) groups excluding carboxylic acids is 1. The highest BCUT2D eigenvalue weighted by atomic mass is 16.5. The Hall–Kier alpha value is -1.99. The van der Waals surface area contributed by atoms with Gasteiger partial charge < -0.3 is 24.8 Å². The SMILES string of the molecule is CCC(CC)(CN)C(=O)N1CCN(Cc2cc(OC)c(OC)c(OC)c2)CC1. The maximum Gasteiger partial charge on any atom is 0.230 e. The monoisotopic (exact) mass is 393 g/mol. The van der Waals surface area contributed by atoms with Crippen LogP contribution in [-0.2, 0) is 11.3 Å². The van der Waals surface area contributed by atoms with Gasteiger partial charge in [0.25, 0.3) is 0 Å². The van der Waals surface area contributed by atoms with Crippen LogP contribution in [0.3, 0.4) is 0 Å². The molecule has 0 radical (unpaired) electrons. The van der Waals surface area contributed by atoms with Crippen molar-refractivity contribution in [3.05, 3.63) is 17.7 Å². The quantitative estimate of drug-likeness (QED) is 0.693. The normalized spacial score (nSPS) is 15.4. The lowest BCUT2D eigenvalue weighted by Gasteiger charge is -2.40. The average Bonchev–Trinajstić information content (AvgIpc) is 2.75. The van der Waals surface area contributed by atoms with E-state index in [0.717, 1.165) is 51.1 Å². The highest BCUT2D eigenvalue weighted by Crippen LogP contribution is 2.38. The first-order valence-electron chi connectivity index (χ1n) is 9.99. The van der Waals surface area contributed by atoms with E-state index in [9.17, 15) is 4.79 Å². The number of methoxy groups -OCH3 is 3. The van der Waals surface area contributed by atoms with Crippen LogP contribution in [0.2, 0.25) is 0 Å². The summed E-state index contributed by atoms with van der Waals surface area (Å²) in [6.07, 6.45) is 1.56. The van der Waals surface area contributed by atoms with Crippen molar-refractivity contribution in [1.29, 1.82) is 0 Å². The van der Waals surface area contributed by atoms with Crippen LogP contribution in [0.5, 0.6) is 17.2 Å². The lowest BCUT2D eigenvalue weighted by Crippen LogP contribution is -2.54. The smallest absolute Gasteiger partial charge is 0.230 e. The molecule has 1 fully saturated rings. The Bertz CT molecular complexity index is 620. The molecular weight excluding hydrogens is 358 g/mol. The number of piperazine rings is 1. The van der Waals surface area contributed by atoms with Crippen molar-refractivity contribution in [2.75, 3.05) is 54.1 Å². The van der Waals surface area contributed by atoms with E-state index in [1.54, 1.807) is 21.3 Å². The van der Waals surface area contributed by atoms with Gasteiger partial charge in [0, 0.05) is 39.3 Å². The first-order valence-corrected chi connectivity index (χ1v) is 9.99. The lowest BCUT2D eigenvalue weighted by atomic mass is 9.81. The van der Waals surface area contributed by atoms with Gasteiger partial charge in [0.2, 0.25) is 11.7 Å². The molecule has 1 aliphatic rings. The van der Waals surface area contributed by atoms with Crippen molar-refractivity contribution >= 4 is 5.91 Å². The van der Waals surface area contributed by atoms with Crippen molar-refractivity contribution in [2.24, 2.45) is 11.1 Å². The van der Waals surface area contributed by atoms with E-state index >= 15 is 0 Å². The molecule has 0 unspecified atom stereocenters. The zero-order chi connectivity index (χ0) is 20.7. The fourth-order valence-electron chi connectivity index (χ4n) is 3.86. The van der Waals surface area contributed by atoms with Crippen molar-refractivity contribution in [2.45, 2.75) is 33.2 Å². The predicted molar refractivity (Wildman–Crippen MR) is 110 cm³/mol. The molecule has 1 aromatic rings. The number of amides is 1.